The summed E-state index contributed by atoms with van der Waals surface area (Å²) in [6.07, 6.45) is 4.08. The molecule has 0 aromatic heterocycles. The van der Waals surface area contributed by atoms with Crippen molar-refractivity contribution >= 4 is 35.1 Å². The fourth-order valence-corrected chi connectivity index (χ4v) is 5.15. The van der Waals surface area contributed by atoms with E-state index >= 15 is 0 Å². The van der Waals surface area contributed by atoms with Crippen LogP contribution >= 0.6 is 23.2 Å². The molecule has 1 saturated heterocycles. The van der Waals surface area contributed by atoms with Gasteiger partial charge in [0.25, 0.3) is 0 Å². The first-order valence-corrected chi connectivity index (χ1v) is 12.2. The number of allylic oxidation sites excluding steroid dienone is 1. The Kier molecular flexibility index (Phi) is 10.2. The lowest BCUT2D eigenvalue weighted by Crippen LogP contribution is -2.64. The molecule has 1 aliphatic heterocycles. The number of hydrogen-bond donors (Lipinski definition) is 1. The molecule has 0 spiro atoms. The number of nitrogens with zero attached hydrogens (tertiary/aromatic N) is 1. The number of rotatable bonds is 7. The van der Waals surface area contributed by atoms with Crippen molar-refractivity contribution in [3.63, 3.8) is 0 Å². The van der Waals surface area contributed by atoms with Crippen molar-refractivity contribution in [2.24, 2.45) is 5.41 Å². The molecule has 1 fully saturated rings. The summed E-state index contributed by atoms with van der Waals surface area (Å²) in [5, 5.41) is 10.3. The second kappa shape index (κ2) is 12.4. The number of quaternary nitrogens is 1. The van der Waals surface area contributed by atoms with Crippen molar-refractivity contribution in [1.29, 1.82) is 0 Å². The Labute approximate surface area is 212 Å². The summed E-state index contributed by atoms with van der Waals surface area (Å²) in [5.74, 6) is -0.802. The number of carbonyl (C=O) groups is 2. The maximum Gasteiger partial charge on any atom is 0.229 e. The molecule has 0 radical (unpaired) electrons. The van der Waals surface area contributed by atoms with Crippen molar-refractivity contribution in [3.05, 3.63) is 82.4 Å². The van der Waals surface area contributed by atoms with Crippen LogP contribution in [0.1, 0.15) is 63.1 Å². The van der Waals surface area contributed by atoms with Gasteiger partial charge in [-0.1, -0.05) is 67.4 Å². The molecule has 0 bridgehead atoms. The predicted molar refractivity (Wildman–Crippen MR) is 135 cm³/mol. The van der Waals surface area contributed by atoms with Crippen LogP contribution in [0.4, 0.5) is 0 Å². The number of hydrogen-bond acceptors (Lipinski definition) is 3. The van der Waals surface area contributed by atoms with Gasteiger partial charge in [0.1, 0.15) is 0 Å². The van der Waals surface area contributed by atoms with Gasteiger partial charge in [0.15, 0.2) is 0 Å². The first kappa shape index (κ1) is 27.9. The highest BCUT2D eigenvalue weighted by Crippen LogP contribution is 2.52. The normalized spacial score (nSPS) is 23.0. The first-order chi connectivity index (χ1) is 16.1. The van der Waals surface area contributed by atoms with Crippen molar-refractivity contribution in [2.75, 3.05) is 6.54 Å². The average Bonchev–Trinajstić information content (AvgIpc) is 2.78. The molecule has 1 unspecified atom stereocenters. The van der Waals surface area contributed by atoms with E-state index in [0.717, 1.165) is 30.9 Å². The van der Waals surface area contributed by atoms with E-state index in [-0.39, 0.29) is 23.9 Å². The van der Waals surface area contributed by atoms with Crippen LogP contribution < -0.4 is 10.8 Å². The van der Waals surface area contributed by atoms with E-state index in [1.165, 1.54) is 0 Å². The molecule has 5 nitrogen and oxygen atoms in total. The summed E-state index contributed by atoms with van der Waals surface area (Å²) in [5.41, 5.74) is 5.88. The van der Waals surface area contributed by atoms with Gasteiger partial charge in [-0.3, -0.25) is 4.79 Å². The Morgan fingerprint density at radius 2 is 1.85 bits per heavy atom. The molecule has 2 aromatic rings. The molecule has 4 atom stereocenters. The van der Waals surface area contributed by atoms with Crippen LogP contribution in [0.3, 0.4) is 0 Å². The molecule has 0 saturated carbocycles. The summed E-state index contributed by atoms with van der Waals surface area (Å²) in [6, 6.07) is 15.9. The SMILES string of the molecule is C=CC[C@@]1(C)C[C@H](c2cccc(Cl)c2)[C@@H](c2ccc(Cl)cc2)N(C(CC)C[NH3+])C1=O.CC(=O)[O-]. The number of carboxylic acid groups (broad SMARTS) is 1. The fourth-order valence-electron chi connectivity index (χ4n) is 4.83. The van der Waals surface area contributed by atoms with Gasteiger partial charge >= 0.3 is 0 Å². The fraction of sp³-hybridized carbons (Fsp3) is 0.407. The highest BCUT2D eigenvalue weighted by molar-refractivity contribution is 6.30. The van der Waals surface area contributed by atoms with E-state index < -0.39 is 11.4 Å². The number of halogens is 2. The van der Waals surface area contributed by atoms with Crippen molar-refractivity contribution in [1.82, 2.24) is 4.90 Å². The lowest BCUT2D eigenvalue weighted by atomic mass is 9.67. The number of carbonyl (C=O) groups excluding carboxylic acids is 2. The summed E-state index contributed by atoms with van der Waals surface area (Å²) >= 11 is 12.5. The Morgan fingerprint density at radius 3 is 2.35 bits per heavy atom. The smallest absolute Gasteiger partial charge is 0.229 e. The zero-order chi connectivity index (χ0) is 25.5. The topological polar surface area (TPSA) is 88.1 Å². The molecule has 1 heterocycles. The second-order valence-corrected chi connectivity index (χ2v) is 9.84. The van der Waals surface area contributed by atoms with Gasteiger partial charge in [0, 0.05) is 21.9 Å². The van der Waals surface area contributed by atoms with E-state index in [2.05, 4.69) is 37.1 Å². The molecule has 3 rings (SSSR count). The summed E-state index contributed by atoms with van der Waals surface area (Å²) in [6.45, 7) is 9.75. The molecule has 1 aliphatic rings. The second-order valence-electron chi connectivity index (χ2n) is 8.97. The van der Waals surface area contributed by atoms with Gasteiger partial charge in [0.2, 0.25) is 5.91 Å². The van der Waals surface area contributed by atoms with Crippen LogP contribution in [-0.4, -0.2) is 29.4 Å². The number of piperidine rings is 1. The monoisotopic (exact) mass is 504 g/mol. The van der Waals surface area contributed by atoms with Crippen LogP contribution in [0.5, 0.6) is 0 Å². The molecular weight excluding hydrogens is 471 g/mol. The molecular formula is C27H34Cl2N2O3. The number of likely N-dealkylation sites (tertiary alicyclic amines) is 1. The Morgan fingerprint density at radius 1 is 1.24 bits per heavy atom. The van der Waals surface area contributed by atoms with E-state index in [4.69, 9.17) is 33.1 Å². The van der Waals surface area contributed by atoms with Crippen LogP contribution in [0.2, 0.25) is 10.0 Å². The van der Waals surface area contributed by atoms with Crippen molar-refractivity contribution in [3.8, 4) is 0 Å². The zero-order valence-electron chi connectivity index (χ0n) is 20.1. The summed E-state index contributed by atoms with van der Waals surface area (Å²) in [7, 11) is 0. The summed E-state index contributed by atoms with van der Waals surface area (Å²) < 4.78 is 0. The largest absolute Gasteiger partial charge is 0.550 e. The van der Waals surface area contributed by atoms with Crippen LogP contribution in [0.25, 0.3) is 0 Å². The number of aliphatic carboxylic acids is 1. The predicted octanol–water partition coefficient (Wildman–Crippen LogP) is 4.41. The highest BCUT2D eigenvalue weighted by atomic mass is 35.5. The minimum atomic E-state index is -1.08. The lowest BCUT2D eigenvalue weighted by Gasteiger charge is -2.51. The Hall–Kier alpha value is -2.34. The quantitative estimate of drug-likeness (QED) is 0.566. The van der Waals surface area contributed by atoms with E-state index in [9.17, 15) is 4.79 Å². The van der Waals surface area contributed by atoms with Crippen molar-refractivity contribution in [2.45, 2.75) is 58.0 Å². The summed E-state index contributed by atoms with van der Waals surface area (Å²) in [4.78, 5) is 24.9. The maximum atomic E-state index is 13.9. The zero-order valence-corrected chi connectivity index (χ0v) is 21.6. The van der Waals surface area contributed by atoms with Gasteiger partial charge in [-0.05, 0) is 61.6 Å². The van der Waals surface area contributed by atoms with E-state index in [1.807, 2.05) is 48.5 Å². The molecule has 184 valence electrons. The maximum absolute atomic E-state index is 13.9. The lowest BCUT2D eigenvalue weighted by molar-refractivity contribution is -0.379. The molecule has 7 heteroatoms. The van der Waals surface area contributed by atoms with E-state index in [1.54, 1.807) is 0 Å². The van der Waals surface area contributed by atoms with E-state index in [0.29, 0.717) is 23.0 Å². The van der Waals surface area contributed by atoms with Gasteiger partial charge < -0.3 is 20.5 Å². The number of carboxylic acids is 1. The van der Waals surface area contributed by atoms with Crippen molar-refractivity contribution < 1.29 is 20.4 Å². The van der Waals surface area contributed by atoms with Gasteiger partial charge in [0.05, 0.1) is 24.0 Å². The average molecular weight is 505 g/mol. The van der Waals surface area contributed by atoms with Crippen LogP contribution in [0, 0.1) is 5.41 Å². The standard InChI is InChI=1S/C25H30Cl2N2O.C2H4O2/c1-4-13-25(3)15-22(18-7-6-8-20(27)14-18)23(17-9-11-19(26)12-10-17)29(24(25)30)21(5-2)16-28;1-2(3)4/h4,6-12,14,21-23H,1,5,13,15-16,28H2,2-3H3;1H3,(H,3,4)/t21?,22-,23-,25+;/m1./s1. The molecule has 1 amide bonds. The molecule has 3 N–H and O–H groups in total. The molecule has 34 heavy (non-hydrogen) atoms. The first-order valence-electron chi connectivity index (χ1n) is 11.5. The van der Waals surface area contributed by atoms with Crippen LogP contribution in [-0.2, 0) is 9.59 Å². The number of amides is 1. The highest BCUT2D eigenvalue weighted by Gasteiger charge is 2.50. The Bertz CT molecular complexity index is 988. The minimum absolute atomic E-state index is 0.0595. The molecule has 2 aromatic carbocycles. The van der Waals surface area contributed by atoms with Gasteiger partial charge in [-0.2, -0.15) is 0 Å². The Balaban J connectivity index is 0.000000945. The third-order valence-corrected chi connectivity index (χ3v) is 6.87. The number of benzene rings is 2. The van der Waals surface area contributed by atoms with Gasteiger partial charge in [-0.25, -0.2) is 0 Å². The molecule has 0 aliphatic carbocycles. The van der Waals surface area contributed by atoms with Gasteiger partial charge in [-0.15, -0.1) is 6.58 Å². The third kappa shape index (κ3) is 6.62. The third-order valence-electron chi connectivity index (χ3n) is 6.38. The van der Waals surface area contributed by atoms with Crippen LogP contribution in [0.15, 0.2) is 61.2 Å². The minimum Gasteiger partial charge on any atom is -0.550 e.